The van der Waals surface area contributed by atoms with Gasteiger partial charge in [0.05, 0.1) is 6.04 Å². The molecule has 0 aromatic heterocycles. The van der Waals surface area contributed by atoms with Gasteiger partial charge in [-0.05, 0) is 57.4 Å². The largest absolute Gasteiger partial charge is 0.354 e. The summed E-state index contributed by atoms with van der Waals surface area (Å²) in [5.74, 6) is 0.977. The van der Waals surface area contributed by atoms with Crippen LogP contribution in [0.3, 0.4) is 0 Å². The molecule has 6 heteroatoms. The normalized spacial score (nSPS) is 16.4. The van der Waals surface area contributed by atoms with Gasteiger partial charge in [0.25, 0.3) is 0 Å². The lowest BCUT2D eigenvalue weighted by atomic mass is 9.95. The van der Waals surface area contributed by atoms with Crippen LogP contribution in [0.25, 0.3) is 0 Å². The van der Waals surface area contributed by atoms with Gasteiger partial charge in [0.15, 0.2) is 0 Å². The van der Waals surface area contributed by atoms with Crippen molar-refractivity contribution in [2.75, 3.05) is 33.2 Å². The monoisotopic (exact) mass is 389 g/mol. The molecule has 1 aromatic rings. The SMILES string of the molecule is CNCCCC(=O)NCC(c1ccccc1)N1CCC(C)CC1.Cl.Cl. The van der Waals surface area contributed by atoms with Crippen molar-refractivity contribution in [3.05, 3.63) is 35.9 Å². The molecule has 1 unspecified atom stereocenters. The van der Waals surface area contributed by atoms with E-state index in [2.05, 4.69) is 52.8 Å². The quantitative estimate of drug-likeness (QED) is 0.669. The van der Waals surface area contributed by atoms with E-state index in [1.807, 2.05) is 7.05 Å². The maximum Gasteiger partial charge on any atom is 0.220 e. The van der Waals surface area contributed by atoms with Gasteiger partial charge in [-0.3, -0.25) is 9.69 Å². The van der Waals surface area contributed by atoms with E-state index in [-0.39, 0.29) is 36.8 Å². The van der Waals surface area contributed by atoms with Gasteiger partial charge >= 0.3 is 0 Å². The number of amides is 1. The lowest BCUT2D eigenvalue weighted by Gasteiger charge is -2.37. The minimum Gasteiger partial charge on any atom is -0.354 e. The van der Waals surface area contributed by atoms with Crippen LogP contribution in [0.2, 0.25) is 0 Å². The second-order valence-corrected chi connectivity index (χ2v) is 6.66. The highest BCUT2D eigenvalue weighted by molar-refractivity contribution is 5.85. The van der Waals surface area contributed by atoms with Crippen molar-refractivity contribution in [1.29, 1.82) is 0 Å². The van der Waals surface area contributed by atoms with Crippen molar-refractivity contribution in [2.24, 2.45) is 5.92 Å². The Balaban J connectivity index is 0.00000288. The number of benzene rings is 1. The summed E-state index contributed by atoms with van der Waals surface area (Å²) in [6, 6.07) is 10.9. The van der Waals surface area contributed by atoms with Crippen LogP contribution in [-0.4, -0.2) is 44.0 Å². The van der Waals surface area contributed by atoms with E-state index in [0.29, 0.717) is 13.0 Å². The van der Waals surface area contributed by atoms with Crippen LogP contribution in [0.5, 0.6) is 0 Å². The first kappa shape index (κ1) is 24.2. The zero-order chi connectivity index (χ0) is 16.5. The van der Waals surface area contributed by atoms with Crippen molar-refractivity contribution >= 4 is 30.7 Å². The highest BCUT2D eigenvalue weighted by Gasteiger charge is 2.24. The second-order valence-electron chi connectivity index (χ2n) is 6.66. The van der Waals surface area contributed by atoms with Crippen molar-refractivity contribution in [2.45, 2.75) is 38.6 Å². The van der Waals surface area contributed by atoms with Crippen LogP contribution in [0, 0.1) is 5.92 Å². The maximum atomic E-state index is 12.0. The molecule has 144 valence electrons. The first-order valence-electron chi connectivity index (χ1n) is 8.91. The van der Waals surface area contributed by atoms with Gasteiger partial charge in [0, 0.05) is 13.0 Å². The molecule has 1 aliphatic heterocycles. The summed E-state index contributed by atoms with van der Waals surface area (Å²) < 4.78 is 0. The van der Waals surface area contributed by atoms with E-state index in [9.17, 15) is 4.79 Å². The number of nitrogens with zero attached hydrogens (tertiary/aromatic N) is 1. The standard InChI is InChI=1S/C19H31N3O.2ClH/c1-16-10-13-22(14-11-16)18(17-7-4-3-5-8-17)15-21-19(23)9-6-12-20-2;;/h3-5,7-8,16,18,20H,6,9-15H2,1-2H3,(H,21,23);2*1H. The van der Waals surface area contributed by atoms with E-state index in [1.165, 1.54) is 18.4 Å². The number of carbonyl (C=O) groups excluding carboxylic acids is 1. The fraction of sp³-hybridized carbons (Fsp3) is 0.632. The molecule has 25 heavy (non-hydrogen) atoms. The summed E-state index contributed by atoms with van der Waals surface area (Å²) >= 11 is 0. The molecule has 0 radical (unpaired) electrons. The fourth-order valence-electron chi connectivity index (χ4n) is 3.20. The number of nitrogens with one attached hydrogen (secondary N) is 2. The van der Waals surface area contributed by atoms with Gasteiger partial charge in [-0.2, -0.15) is 0 Å². The molecule has 0 spiro atoms. The van der Waals surface area contributed by atoms with E-state index in [4.69, 9.17) is 0 Å². The number of hydrogen-bond acceptors (Lipinski definition) is 3. The predicted molar refractivity (Wildman–Crippen MR) is 110 cm³/mol. The predicted octanol–water partition coefficient (Wildman–Crippen LogP) is 3.42. The van der Waals surface area contributed by atoms with E-state index in [0.717, 1.165) is 32.0 Å². The molecule has 0 saturated carbocycles. The van der Waals surface area contributed by atoms with Crippen LogP contribution in [0.1, 0.15) is 44.2 Å². The van der Waals surface area contributed by atoms with E-state index >= 15 is 0 Å². The average Bonchev–Trinajstić information content (AvgIpc) is 2.58. The number of hydrogen-bond donors (Lipinski definition) is 2. The molecule has 1 saturated heterocycles. The van der Waals surface area contributed by atoms with Crippen molar-refractivity contribution < 1.29 is 4.79 Å². The summed E-state index contributed by atoms with van der Waals surface area (Å²) in [7, 11) is 1.92. The Morgan fingerprint density at radius 2 is 1.84 bits per heavy atom. The number of rotatable bonds is 8. The number of halogens is 2. The molecular formula is C19H33Cl2N3O. The van der Waals surface area contributed by atoms with Gasteiger partial charge in [-0.1, -0.05) is 37.3 Å². The highest BCUT2D eigenvalue weighted by Crippen LogP contribution is 2.26. The minimum absolute atomic E-state index is 0. The Morgan fingerprint density at radius 3 is 2.44 bits per heavy atom. The van der Waals surface area contributed by atoms with Gasteiger partial charge < -0.3 is 10.6 Å². The molecule has 1 heterocycles. The van der Waals surface area contributed by atoms with E-state index in [1.54, 1.807) is 0 Å². The summed E-state index contributed by atoms with van der Waals surface area (Å²) in [4.78, 5) is 14.6. The summed E-state index contributed by atoms with van der Waals surface area (Å²) in [6.07, 6.45) is 3.98. The topological polar surface area (TPSA) is 44.4 Å². The first-order chi connectivity index (χ1) is 11.2. The Morgan fingerprint density at radius 1 is 1.20 bits per heavy atom. The van der Waals surface area contributed by atoms with Crippen LogP contribution < -0.4 is 10.6 Å². The molecule has 1 aromatic carbocycles. The third kappa shape index (κ3) is 8.41. The Kier molecular flexibility index (Phi) is 13.0. The first-order valence-corrected chi connectivity index (χ1v) is 8.91. The van der Waals surface area contributed by atoms with Gasteiger partial charge in [0.1, 0.15) is 0 Å². The Bertz CT molecular complexity index is 465. The third-order valence-electron chi connectivity index (χ3n) is 4.77. The summed E-state index contributed by atoms with van der Waals surface area (Å²) in [5, 5.41) is 6.22. The maximum absolute atomic E-state index is 12.0. The van der Waals surface area contributed by atoms with Crippen LogP contribution >= 0.6 is 24.8 Å². The molecule has 1 amide bonds. The summed E-state index contributed by atoms with van der Waals surface area (Å²) in [6.45, 7) is 6.17. The third-order valence-corrected chi connectivity index (χ3v) is 4.77. The highest BCUT2D eigenvalue weighted by atomic mass is 35.5. The second kappa shape index (κ2) is 13.4. The molecule has 1 atom stereocenters. The van der Waals surface area contributed by atoms with Crippen molar-refractivity contribution in [3.63, 3.8) is 0 Å². The number of carbonyl (C=O) groups is 1. The average molecular weight is 390 g/mol. The lowest BCUT2D eigenvalue weighted by Crippen LogP contribution is -2.42. The van der Waals surface area contributed by atoms with Gasteiger partial charge in [-0.15, -0.1) is 24.8 Å². The van der Waals surface area contributed by atoms with Crippen molar-refractivity contribution in [3.8, 4) is 0 Å². The Hall–Kier alpha value is -0.810. The Labute approximate surface area is 164 Å². The molecule has 4 nitrogen and oxygen atoms in total. The molecule has 0 bridgehead atoms. The van der Waals surface area contributed by atoms with Gasteiger partial charge in [0.2, 0.25) is 5.91 Å². The molecular weight excluding hydrogens is 357 g/mol. The number of likely N-dealkylation sites (tertiary alicyclic amines) is 1. The lowest BCUT2D eigenvalue weighted by molar-refractivity contribution is -0.121. The molecule has 1 fully saturated rings. The zero-order valence-corrected chi connectivity index (χ0v) is 17.0. The van der Waals surface area contributed by atoms with Crippen LogP contribution in [0.4, 0.5) is 0 Å². The minimum atomic E-state index is 0. The number of piperidine rings is 1. The summed E-state index contributed by atoms with van der Waals surface area (Å²) in [5.41, 5.74) is 1.30. The smallest absolute Gasteiger partial charge is 0.220 e. The zero-order valence-electron chi connectivity index (χ0n) is 15.4. The van der Waals surface area contributed by atoms with Crippen LogP contribution in [-0.2, 0) is 4.79 Å². The van der Waals surface area contributed by atoms with E-state index < -0.39 is 0 Å². The molecule has 0 aliphatic carbocycles. The van der Waals surface area contributed by atoms with Crippen LogP contribution in [0.15, 0.2) is 30.3 Å². The fourth-order valence-corrected chi connectivity index (χ4v) is 3.20. The molecule has 2 N–H and O–H groups in total. The van der Waals surface area contributed by atoms with Gasteiger partial charge in [-0.25, -0.2) is 0 Å². The molecule has 1 aliphatic rings. The molecule has 2 rings (SSSR count). The van der Waals surface area contributed by atoms with Crippen molar-refractivity contribution in [1.82, 2.24) is 15.5 Å².